The number of nitrogens with one attached hydrogen (secondary N) is 2. The number of fused-ring (bicyclic) bond motifs is 2. The topological polar surface area (TPSA) is 114 Å². The van der Waals surface area contributed by atoms with E-state index in [1.54, 1.807) is 19.5 Å². The fourth-order valence-electron chi connectivity index (χ4n) is 6.43. The smallest absolute Gasteiger partial charge is 0.263 e. The summed E-state index contributed by atoms with van der Waals surface area (Å²) in [6.07, 6.45) is 13.8. The molecule has 2 fully saturated rings. The Hall–Kier alpha value is -2.56. The van der Waals surface area contributed by atoms with E-state index in [4.69, 9.17) is 27.2 Å². The Morgan fingerprint density at radius 3 is 2.54 bits per heavy atom. The Kier molecular flexibility index (Phi) is 9.14. The molecule has 214 valence electrons. The molecule has 1 amide bonds. The summed E-state index contributed by atoms with van der Waals surface area (Å²) in [5.41, 5.74) is 8.13. The van der Waals surface area contributed by atoms with Crippen LogP contribution in [-0.4, -0.2) is 83.9 Å². The summed E-state index contributed by atoms with van der Waals surface area (Å²) in [5, 5.41) is 11.1. The third-order valence-electron chi connectivity index (χ3n) is 8.68. The van der Waals surface area contributed by atoms with Gasteiger partial charge in [-0.15, -0.1) is 11.6 Å². The molecule has 1 spiro atoms. The summed E-state index contributed by atoms with van der Waals surface area (Å²) in [5.74, 6) is 0.628. The van der Waals surface area contributed by atoms with Crippen LogP contribution in [0.5, 0.6) is 0 Å². The molecule has 1 aliphatic carbocycles. The van der Waals surface area contributed by atoms with Gasteiger partial charge in [0.2, 0.25) is 0 Å². The van der Waals surface area contributed by atoms with Crippen LogP contribution in [0.25, 0.3) is 0 Å². The first-order valence-electron chi connectivity index (χ1n) is 14.5. The van der Waals surface area contributed by atoms with Crippen LogP contribution in [0, 0.1) is 0 Å². The zero-order valence-corrected chi connectivity index (χ0v) is 23.9. The van der Waals surface area contributed by atoms with Gasteiger partial charge < -0.3 is 26.0 Å². The largest absolute Gasteiger partial charge is 0.383 e. The van der Waals surface area contributed by atoms with Gasteiger partial charge in [0.05, 0.1) is 35.1 Å². The lowest BCUT2D eigenvalue weighted by molar-refractivity contribution is 0.102. The summed E-state index contributed by atoms with van der Waals surface area (Å²) in [6.45, 7) is 5.84. The van der Waals surface area contributed by atoms with Gasteiger partial charge in [-0.1, -0.05) is 44.9 Å². The Labute approximate surface area is 236 Å². The Morgan fingerprint density at radius 1 is 1.15 bits per heavy atom. The minimum Gasteiger partial charge on any atom is -0.383 e. The van der Waals surface area contributed by atoms with E-state index in [-0.39, 0.29) is 22.6 Å². The van der Waals surface area contributed by atoms with Crippen molar-refractivity contribution in [1.82, 2.24) is 19.7 Å². The molecule has 0 aromatic carbocycles. The third-order valence-corrected chi connectivity index (χ3v) is 9.24. The number of nitrogen functional groups attached to an aromatic ring is 1. The first-order chi connectivity index (χ1) is 19.0. The highest BCUT2D eigenvalue weighted by atomic mass is 35.5. The number of nitrogens with zero attached hydrogens (tertiary/aromatic N) is 5. The van der Waals surface area contributed by atoms with Crippen molar-refractivity contribution in [3.63, 3.8) is 0 Å². The van der Waals surface area contributed by atoms with Gasteiger partial charge >= 0.3 is 0 Å². The maximum absolute atomic E-state index is 13.8. The van der Waals surface area contributed by atoms with E-state index in [9.17, 15) is 4.79 Å². The number of aromatic nitrogens is 3. The Morgan fingerprint density at radius 2 is 1.85 bits per heavy atom. The molecule has 1 atom stereocenters. The molecular formula is C28H43ClN8O2. The van der Waals surface area contributed by atoms with Gasteiger partial charge in [-0.3, -0.25) is 14.7 Å². The molecule has 4 N–H and O–H groups in total. The molecule has 2 aromatic rings. The van der Waals surface area contributed by atoms with E-state index in [2.05, 4.69) is 25.4 Å². The summed E-state index contributed by atoms with van der Waals surface area (Å²) < 4.78 is 7.19. The molecule has 1 unspecified atom stereocenters. The quantitative estimate of drug-likeness (QED) is 0.453. The number of ether oxygens (including phenoxy) is 1. The fraction of sp³-hybridized carbons (Fsp3) is 0.679. The number of hydrogen-bond acceptors (Lipinski definition) is 8. The number of pyridine rings is 1. The summed E-state index contributed by atoms with van der Waals surface area (Å²) in [7, 11) is 1.73. The van der Waals surface area contributed by atoms with Crippen molar-refractivity contribution in [2.45, 2.75) is 68.7 Å². The molecular weight excluding hydrogens is 516 g/mol. The second-order valence-corrected chi connectivity index (χ2v) is 11.6. The molecule has 2 aliphatic heterocycles. The van der Waals surface area contributed by atoms with Gasteiger partial charge in [-0.05, 0) is 18.9 Å². The van der Waals surface area contributed by atoms with Crippen LogP contribution in [-0.2, 0) is 10.3 Å². The van der Waals surface area contributed by atoms with E-state index < -0.39 is 0 Å². The van der Waals surface area contributed by atoms with E-state index in [1.807, 2.05) is 10.7 Å². The van der Waals surface area contributed by atoms with Crippen LogP contribution in [0.15, 0.2) is 18.5 Å². The second kappa shape index (κ2) is 12.7. The fourth-order valence-corrected chi connectivity index (χ4v) is 6.81. The number of carbonyl (C=O) groups is 1. The molecule has 1 saturated heterocycles. The highest BCUT2D eigenvalue weighted by Gasteiger charge is 2.46. The molecule has 39 heavy (non-hydrogen) atoms. The van der Waals surface area contributed by atoms with Gasteiger partial charge in [0.25, 0.3) is 5.91 Å². The van der Waals surface area contributed by atoms with Crippen molar-refractivity contribution >= 4 is 40.5 Å². The molecule has 1 saturated carbocycles. The third kappa shape index (κ3) is 5.98. The normalized spacial score (nSPS) is 22.2. The molecule has 5 rings (SSSR count). The number of alkyl halides is 1. The van der Waals surface area contributed by atoms with E-state index in [0.717, 1.165) is 70.7 Å². The van der Waals surface area contributed by atoms with E-state index in [0.29, 0.717) is 23.6 Å². The van der Waals surface area contributed by atoms with Crippen molar-refractivity contribution in [3.8, 4) is 0 Å². The maximum atomic E-state index is 13.8. The van der Waals surface area contributed by atoms with Crippen LogP contribution in [0.3, 0.4) is 0 Å². The zero-order valence-electron chi connectivity index (χ0n) is 23.1. The molecule has 4 heterocycles. The number of piperazine rings is 1. The minimum atomic E-state index is -0.339. The monoisotopic (exact) mass is 558 g/mol. The highest BCUT2D eigenvalue weighted by Crippen LogP contribution is 2.44. The van der Waals surface area contributed by atoms with E-state index in [1.165, 1.54) is 32.1 Å². The molecule has 0 radical (unpaired) electrons. The molecule has 0 bridgehead atoms. The first kappa shape index (κ1) is 28.0. The second-order valence-electron chi connectivity index (χ2n) is 11.1. The lowest BCUT2D eigenvalue weighted by Crippen LogP contribution is -2.50. The average Bonchev–Trinajstić information content (AvgIpc) is 3.30. The predicted molar refractivity (Wildman–Crippen MR) is 157 cm³/mol. The zero-order chi connectivity index (χ0) is 27.2. The van der Waals surface area contributed by atoms with Crippen molar-refractivity contribution in [3.05, 3.63) is 24.0 Å². The van der Waals surface area contributed by atoms with Gasteiger partial charge in [0.15, 0.2) is 5.82 Å². The van der Waals surface area contributed by atoms with Crippen molar-refractivity contribution in [2.75, 3.05) is 74.3 Å². The molecule has 2 aromatic heterocycles. The molecule has 11 heteroatoms. The Balaban J connectivity index is 1.37. The summed E-state index contributed by atoms with van der Waals surface area (Å²) in [4.78, 5) is 22.8. The SMILES string of the molecule is COCCN1CCN(c2ccncc2NC(=O)c2c(N)nn3c2NCC(Cl)C32CCCCCCCCC2)CC1. The van der Waals surface area contributed by atoms with E-state index >= 15 is 0 Å². The lowest BCUT2D eigenvalue weighted by atomic mass is 9.81. The van der Waals surface area contributed by atoms with Gasteiger partial charge in [0, 0.05) is 52.6 Å². The lowest BCUT2D eigenvalue weighted by Gasteiger charge is -2.43. The van der Waals surface area contributed by atoms with Gasteiger partial charge in [0.1, 0.15) is 11.4 Å². The van der Waals surface area contributed by atoms with Crippen LogP contribution >= 0.6 is 11.6 Å². The van der Waals surface area contributed by atoms with Crippen molar-refractivity contribution in [1.29, 1.82) is 0 Å². The maximum Gasteiger partial charge on any atom is 0.263 e. The number of methoxy groups -OCH3 is 1. The van der Waals surface area contributed by atoms with Crippen LogP contribution in [0.4, 0.5) is 23.0 Å². The van der Waals surface area contributed by atoms with Crippen LogP contribution in [0.1, 0.15) is 68.1 Å². The minimum absolute atomic E-state index is 0.118. The number of amides is 1. The average molecular weight is 559 g/mol. The summed E-state index contributed by atoms with van der Waals surface area (Å²) in [6, 6.07) is 1.96. The predicted octanol–water partition coefficient (Wildman–Crippen LogP) is 4.13. The number of nitrogens with two attached hydrogens (primary N) is 1. The summed E-state index contributed by atoms with van der Waals surface area (Å²) >= 11 is 7.03. The van der Waals surface area contributed by atoms with Crippen LogP contribution in [0.2, 0.25) is 0 Å². The van der Waals surface area contributed by atoms with Crippen molar-refractivity contribution < 1.29 is 9.53 Å². The van der Waals surface area contributed by atoms with Crippen molar-refractivity contribution in [2.24, 2.45) is 0 Å². The first-order valence-corrected chi connectivity index (χ1v) is 15.0. The number of halogens is 1. The Bertz CT molecular complexity index is 1110. The van der Waals surface area contributed by atoms with Gasteiger partial charge in [-0.2, -0.15) is 5.10 Å². The highest BCUT2D eigenvalue weighted by molar-refractivity contribution is 6.22. The van der Waals surface area contributed by atoms with Gasteiger partial charge in [-0.25, -0.2) is 4.68 Å². The van der Waals surface area contributed by atoms with Crippen LogP contribution < -0.4 is 21.3 Å². The molecule has 10 nitrogen and oxygen atoms in total. The number of carbonyl (C=O) groups excluding carboxylic acids is 1. The molecule has 3 aliphatic rings. The number of anilines is 4. The standard InChI is InChI=1S/C28H43ClN8O2/c1-39-18-17-35-13-15-36(16-14-35)22-9-12-31-19-21(22)33-27(38)24-25(30)34-37-26(24)32-20-23(29)28(37)10-7-5-3-2-4-6-8-11-28/h9,12,19,23,32H,2-8,10-11,13-18,20H2,1H3,(H2,30,34)(H,33,38). The number of rotatable bonds is 6. The number of hydrogen-bond donors (Lipinski definition) is 3.